The van der Waals surface area contributed by atoms with Gasteiger partial charge in [-0.15, -0.1) is 11.3 Å². The van der Waals surface area contributed by atoms with Crippen LogP contribution < -0.4 is 11.0 Å². The monoisotopic (exact) mass is 355 g/mol. The fourth-order valence-corrected chi connectivity index (χ4v) is 4.79. The molecule has 3 aromatic rings. The summed E-state index contributed by atoms with van der Waals surface area (Å²) in [6, 6.07) is 1.93. The van der Waals surface area contributed by atoms with Crippen molar-refractivity contribution in [1.82, 2.24) is 19.5 Å². The van der Waals surface area contributed by atoms with Gasteiger partial charge in [0, 0.05) is 29.4 Å². The zero-order valence-corrected chi connectivity index (χ0v) is 15.3. The van der Waals surface area contributed by atoms with Gasteiger partial charge in [0.15, 0.2) is 0 Å². The number of anilines is 1. The van der Waals surface area contributed by atoms with Crippen molar-refractivity contribution >= 4 is 27.4 Å². The van der Waals surface area contributed by atoms with Crippen LogP contribution in [0.15, 0.2) is 17.2 Å². The van der Waals surface area contributed by atoms with E-state index in [-0.39, 0.29) is 5.69 Å². The molecule has 1 aliphatic carbocycles. The number of nitrogens with one attached hydrogen (secondary N) is 1. The van der Waals surface area contributed by atoms with E-state index in [4.69, 9.17) is 0 Å². The Morgan fingerprint density at radius 3 is 2.92 bits per heavy atom. The van der Waals surface area contributed by atoms with E-state index in [0.29, 0.717) is 13.1 Å². The van der Waals surface area contributed by atoms with Crippen molar-refractivity contribution in [3.8, 4) is 0 Å². The zero-order valence-electron chi connectivity index (χ0n) is 14.5. The van der Waals surface area contributed by atoms with Crippen LogP contribution in [0.3, 0.4) is 0 Å². The Morgan fingerprint density at radius 2 is 2.08 bits per heavy atom. The Hall–Kier alpha value is -2.28. The summed E-state index contributed by atoms with van der Waals surface area (Å²) >= 11 is 1.79. The second-order valence-electron chi connectivity index (χ2n) is 6.51. The molecule has 0 aromatic carbocycles. The Labute approximate surface area is 150 Å². The lowest BCUT2D eigenvalue weighted by molar-refractivity contribution is 0.647. The number of aryl methyl sites for hydroxylation is 4. The van der Waals surface area contributed by atoms with Crippen LogP contribution in [-0.2, 0) is 19.4 Å². The number of hydrogen-bond acceptors (Lipinski definition) is 6. The van der Waals surface area contributed by atoms with Crippen molar-refractivity contribution in [2.75, 3.05) is 11.9 Å². The van der Waals surface area contributed by atoms with E-state index < -0.39 is 0 Å². The third kappa shape index (κ3) is 3.04. The number of aromatic nitrogens is 4. The van der Waals surface area contributed by atoms with E-state index in [2.05, 4.69) is 20.3 Å². The highest BCUT2D eigenvalue weighted by atomic mass is 32.1. The number of thiophene rings is 1. The van der Waals surface area contributed by atoms with Gasteiger partial charge in [0.25, 0.3) is 0 Å². The van der Waals surface area contributed by atoms with Crippen LogP contribution in [0.5, 0.6) is 0 Å². The van der Waals surface area contributed by atoms with E-state index in [1.807, 2.05) is 19.9 Å². The summed E-state index contributed by atoms with van der Waals surface area (Å²) in [4.78, 5) is 27.5. The minimum atomic E-state index is -0.194. The molecule has 1 aliphatic rings. The van der Waals surface area contributed by atoms with Crippen LogP contribution in [0.1, 0.15) is 34.7 Å². The molecule has 0 spiro atoms. The summed E-state index contributed by atoms with van der Waals surface area (Å²) in [6.07, 6.45) is 6.38. The van der Waals surface area contributed by atoms with Crippen LogP contribution in [0.4, 0.5) is 5.82 Å². The summed E-state index contributed by atoms with van der Waals surface area (Å²) in [6.45, 7) is 4.97. The third-order valence-electron chi connectivity index (χ3n) is 4.73. The summed E-state index contributed by atoms with van der Waals surface area (Å²) in [7, 11) is 0. The highest BCUT2D eigenvalue weighted by Crippen LogP contribution is 2.37. The lowest BCUT2D eigenvalue weighted by atomic mass is 9.97. The lowest BCUT2D eigenvalue weighted by Gasteiger charge is -2.13. The third-order valence-corrected chi connectivity index (χ3v) is 5.93. The number of nitrogens with zero attached hydrogens (tertiary/aromatic N) is 4. The Bertz CT molecular complexity index is 991. The molecule has 0 radical (unpaired) electrons. The molecule has 0 atom stereocenters. The smallest absolute Gasteiger partial charge is 0.348 e. The molecule has 3 aromatic heterocycles. The highest BCUT2D eigenvalue weighted by Gasteiger charge is 2.19. The molecule has 0 fully saturated rings. The Kier molecular flexibility index (Phi) is 4.25. The van der Waals surface area contributed by atoms with Gasteiger partial charge in [0.2, 0.25) is 0 Å². The van der Waals surface area contributed by atoms with Gasteiger partial charge in [-0.05, 0) is 51.2 Å². The van der Waals surface area contributed by atoms with Gasteiger partial charge in [-0.3, -0.25) is 4.57 Å². The Balaban J connectivity index is 1.58. The molecule has 0 aliphatic heterocycles. The van der Waals surface area contributed by atoms with Crippen LogP contribution in [0.25, 0.3) is 10.2 Å². The molecule has 4 rings (SSSR count). The van der Waals surface area contributed by atoms with Gasteiger partial charge in [-0.25, -0.2) is 14.8 Å². The molecular formula is C18H21N5OS. The van der Waals surface area contributed by atoms with Crippen LogP contribution in [-0.4, -0.2) is 26.1 Å². The SMILES string of the molecule is Cc1cc(C)n(CCNc2ncnc3sc4c(c23)CCCC4)c(=O)n1. The second kappa shape index (κ2) is 6.55. The van der Waals surface area contributed by atoms with E-state index in [9.17, 15) is 4.79 Å². The molecule has 0 unspecified atom stereocenters. The van der Waals surface area contributed by atoms with E-state index >= 15 is 0 Å². The maximum Gasteiger partial charge on any atom is 0.348 e. The first-order chi connectivity index (χ1) is 12.1. The molecular weight excluding hydrogens is 334 g/mol. The molecule has 0 saturated carbocycles. The van der Waals surface area contributed by atoms with Crippen molar-refractivity contribution in [2.24, 2.45) is 0 Å². The van der Waals surface area contributed by atoms with Crippen LogP contribution >= 0.6 is 11.3 Å². The van der Waals surface area contributed by atoms with Crippen molar-refractivity contribution in [2.45, 2.75) is 46.1 Å². The molecule has 0 amide bonds. The molecule has 7 heteroatoms. The van der Waals surface area contributed by atoms with E-state index in [0.717, 1.165) is 34.9 Å². The standard InChI is InChI=1S/C18H21N5OS/c1-11-9-12(2)23(18(24)22-11)8-7-19-16-15-13-5-3-4-6-14(13)25-17(15)21-10-20-16/h9-10H,3-8H2,1-2H3,(H,19,20,21). The maximum absolute atomic E-state index is 12.1. The molecule has 0 saturated heterocycles. The van der Waals surface area contributed by atoms with Gasteiger partial charge in [0.1, 0.15) is 17.0 Å². The lowest BCUT2D eigenvalue weighted by Crippen LogP contribution is -2.28. The molecule has 130 valence electrons. The molecule has 3 heterocycles. The average molecular weight is 355 g/mol. The number of fused-ring (bicyclic) bond motifs is 3. The van der Waals surface area contributed by atoms with Crippen molar-refractivity contribution in [3.05, 3.63) is 44.7 Å². The van der Waals surface area contributed by atoms with Crippen molar-refractivity contribution < 1.29 is 0 Å². The van der Waals surface area contributed by atoms with E-state index in [1.165, 1.54) is 28.7 Å². The number of hydrogen-bond donors (Lipinski definition) is 1. The first kappa shape index (κ1) is 16.2. The quantitative estimate of drug-likeness (QED) is 0.779. The van der Waals surface area contributed by atoms with Crippen molar-refractivity contribution in [3.63, 3.8) is 0 Å². The van der Waals surface area contributed by atoms with Gasteiger partial charge >= 0.3 is 5.69 Å². The van der Waals surface area contributed by atoms with Gasteiger partial charge in [-0.2, -0.15) is 4.98 Å². The first-order valence-electron chi connectivity index (χ1n) is 8.67. The van der Waals surface area contributed by atoms with Crippen molar-refractivity contribution in [1.29, 1.82) is 0 Å². The molecule has 0 bridgehead atoms. The minimum absolute atomic E-state index is 0.194. The largest absolute Gasteiger partial charge is 0.368 e. The fraction of sp³-hybridized carbons (Fsp3) is 0.444. The molecule has 6 nitrogen and oxygen atoms in total. The normalized spacial score (nSPS) is 13.8. The average Bonchev–Trinajstić information content (AvgIpc) is 2.96. The zero-order chi connectivity index (χ0) is 17.4. The fourth-order valence-electron chi connectivity index (χ4n) is 3.56. The second-order valence-corrected chi connectivity index (χ2v) is 7.60. The van der Waals surface area contributed by atoms with Gasteiger partial charge in [0.05, 0.1) is 5.39 Å². The predicted molar refractivity (Wildman–Crippen MR) is 101 cm³/mol. The van der Waals surface area contributed by atoms with Crippen LogP contribution in [0, 0.1) is 13.8 Å². The van der Waals surface area contributed by atoms with E-state index in [1.54, 1.807) is 22.2 Å². The van der Waals surface area contributed by atoms with Crippen LogP contribution in [0.2, 0.25) is 0 Å². The summed E-state index contributed by atoms with van der Waals surface area (Å²) < 4.78 is 1.70. The van der Waals surface area contributed by atoms with Gasteiger partial charge in [-0.1, -0.05) is 0 Å². The summed E-state index contributed by atoms with van der Waals surface area (Å²) in [5, 5.41) is 4.58. The van der Waals surface area contributed by atoms with Gasteiger partial charge < -0.3 is 5.32 Å². The minimum Gasteiger partial charge on any atom is -0.368 e. The number of rotatable bonds is 4. The summed E-state index contributed by atoms with van der Waals surface area (Å²) in [5.41, 5.74) is 2.91. The maximum atomic E-state index is 12.1. The predicted octanol–water partition coefficient (Wildman–Crippen LogP) is 2.86. The Morgan fingerprint density at radius 1 is 1.24 bits per heavy atom. The highest BCUT2D eigenvalue weighted by molar-refractivity contribution is 7.19. The molecule has 25 heavy (non-hydrogen) atoms. The first-order valence-corrected chi connectivity index (χ1v) is 9.49. The topological polar surface area (TPSA) is 72.7 Å². The summed E-state index contributed by atoms with van der Waals surface area (Å²) in [5.74, 6) is 0.884. The molecule has 1 N–H and O–H groups in total.